The second-order valence-electron chi connectivity index (χ2n) is 3.78. The van der Waals surface area contributed by atoms with Crippen molar-refractivity contribution in [1.82, 2.24) is 9.97 Å². The minimum Gasteiger partial charge on any atom is -0.383 e. The van der Waals surface area contributed by atoms with E-state index in [1.807, 2.05) is 24.3 Å². The first-order chi connectivity index (χ1) is 8.33. The van der Waals surface area contributed by atoms with E-state index >= 15 is 0 Å². The van der Waals surface area contributed by atoms with Gasteiger partial charge in [-0.15, -0.1) is 0 Å². The van der Waals surface area contributed by atoms with E-state index in [4.69, 9.17) is 10.5 Å². The van der Waals surface area contributed by atoms with Crippen LogP contribution in [0.2, 0.25) is 0 Å². The zero-order valence-electron chi connectivity index (χ0n) is 9.76. The van der Waals surface area contributed by atoms with Gasteiger partial charge in [-0.2, -0.15) is 0 Å². The minimum absolute atomic E-state index is 0.0514. The molecule has 1 unspecified atom stereocenters. The number of para-hydroxylation sites is 2. The van der Waals surface area contributed by atoms with Gasteiger partial charge in [0.25, 0.3) is 0 Å². The number of ether oxygens (including phenoxy) is 1. The van der Waals surface area contributed by atoms with Crippen molar-refractivity contribution in [2.24, 2.45) is 5.73 Å². The maximum atomic E-state index is 5.63. The van der Waals surface area contributed by atoms with Gasteiger partial charge in [-0.1, -0.05) is 12.1 Å². The van der Waals surface area contributed by atoms with E-state index in [9.17, 15) is 0 Å². The highest BCUT2D eigenvalue weighted by molar-refractivity contribution is 5.75. The fourth-order valence-electron chi connectivity index (χ4n) is 1.61. The number of fused-ring (bicyclic) bond motifs is 1. The molecule has 0 spiro atoms. The molecular formula is C12H16N4O. The van der Waals surface area contributed by atoms with Crippen molar-refractivity contribution in [1.29, 1.82) is 0 Å². The van der Waals surface area contributed by atoms with Gasteiger partial charge in [0.05, 0.1) is 29.9 Å². The molecule has 0 aliphatic carbocycles. The summed E-state index contributed by atoms with van der Waals surface area (Å²) in [7, 11) is 1.65. The van der Waals surface area contributed by atoms with Gasteiger partial charge < -0.3 is 15.8 Å². The minimum atomic E-state index is 0.0514. The van der Waals surface area contributed by atoms with E-state index in [-0.39, 0.29) is 6.04 Å². The van der Waals surface area contributed by atoms with Crippen LogP contribution in [0.15, 0.2) is 30.5 Å². The fraction of sp³-hybridized carbons (Fsp3) is 0.333. The Morgan fingerprint density at radius 1 is 1.35 bits per heavy atom. The lowest BCUT2D eigenvalue weighted by Gasteiger charge is -2.16. The molecule has 1 atom stereocenters. The standard InChI is InChI=1S/C12H16N4O/c1-17-8-9(6-13)15-12-7-14-10-4-2-3-5-11(10)16-12/h2-5,7,9H,6,8,13H2,1H3,(H,15,16). The molecule has 0 aliphatic rings. The van der Waals surface area contributed by atoms with Gasteiger partial charge in [-0.3, -0.25) is 4.98 Å². The van der Waals surface area contributed by atoms with Crippen molar-refractivity contribution >= 4 is 16.9 Å². The highest BCUT2D eigenvalue weighted by Crippen LogP contribution is 2.11. The van der Waals surface area contributed by atoms with Crippen molar-refractivity contribution in [3.05, 3.63) is 30.5 Å². The van der Waals surface area contributed by atoms with Crippen molar-refractivity contribution < 1.29 is 4.74 Å². The van der Waals surface area contributed by atoms with Gasteiger partial charge >= 0.3 is 0 Å². The largest absolute Gasteiger partial charge is 0.383 e. The Morgan fingerprint density at radius 2 is 2.12 bits per heavy atom. The van der Waals surface area contributed by atoms with Crippen LogP contribution in [0.25, 0.3) is 11.0 Å². The Morgan fingerprint density at radius 3 is 2.82 bits per heavy atom. The molecule has 0 saturated carbocycles. The molecule has 1 aromatic carbocycles. The lowest BCUT2D eigenvalue weighted by atomic mass is 10.3. The smallest absolute Gasteiger partial charge is 0.145 e. The average molecular weight is 232 g/mol. The number of benzene rings is 1. The van der Waals surface area contributed by atoms with E-state index in [1.54, 1.807) is 13.3 Å². The van der Waals surface area contributed by atoms with Crippen LogP contribution in [-0.4, -0.2) is 36.3 Å². The summed E-state index contributed by atoms with van der Waals surface area (Å²) in [6, 6.07) is 7.80. The first-order valence-electron chi connectivity index (χ1n) is 5.51. The molecule has 1 aromatic heterocycles. The third-order valence-electron chi connectivity index (χ3n) is 2.45. The van der Waals surface area contributed by atoms with Crippen LogP contribution in [0.5, 0.6) is 0 Å². The zero-order valence-corrected chi connectivity index (χ0v) is 9.76. The summed E-state index contributed by atoms with van der Waals surface area (Å²) in [5, 5.41) is 3.20. The zero-order chi connectivity index (χ0) is 12.1. The summed E-state index contributed by atoms with van der Waals surface area (Å²) < 4.78 is 5.06. The normalized spacial score (nSPS) is 12.6. The molecule has 17 heavy (non-hydrogen) atoms. The third-order valence-corrected chi connectivity index (χ3v) is 2.45. The van der Waals surface area contributed by atoms with E-state index in [0.717, 1.165) is 16.9 Å². The fourth-order valence-corrected chi connectivity index (χ4v) is 1.61. The Bertz CT molecular complexity index is 489. The Balaban J connectivity index is 2.18. The number of nitrogens with zero attached hydrogens (tertiary/aromatic N) is 2. The van der Waals surface area contributed by atoms with Gasteiger partial charge in [0.2, 0.25) is 0 Å². The molecule has 90 valence electrons. The molecule has 0 bridgehead atoms. The summed E-state index contributed by atoms with van der Waals surface area (Å²) in [5.41, 5.74) is 7.38. The molecule has 2 aromatic rings. The number of hydrogen-bond donors (Lipinski definition) is 2. The monoisotopic (exact) mass is 232 g/mol. The number of methoxy groups -OCH3 is 1. The van der Waals surface area contributed by atoms with Crippen LogP contribution >= 0.6 is 0 Å². The van der Waals surface area contributed by atoms with Crippen LogP contribution in [0.4, 0.5) is 5.82 Å². The van der Waals surface area contributed by atoms with E-state index in [2.05, 4.69) is 15.3 Å². The van der Waals surface area contributed by atoms with E-state index in [1.165, 1.54) is 0 Å². The number of rotatable bonds is 5. The molecule has 2 rings (SSSR count). The molecule has 0 saturated heterocycles. The predicted octanol–water partition coefficient (Wildman–Crippen LogP) is 1.02. The molecule has 0 amide bonds. The van der Waals surface area contributed by atoms with Crippen LogP contribution in [-0.2, 0) is 4.74 Å². The number of aromatic nitrogens is 2. The summed E-state index contributed by atoms with van der Waals surface area (Å²) in [4.78, 5) is 8.78. The second kappa shape index (κ2) is 5.56. The lowest BCUT2D eigenvalue weighted by Crippen LogP contribution is -2.33. The van der Waals surface area contributed by atoms with E-state index in [0.29, 0.717) is 13.2 Å². The quantitative estimate of drug-likeness (QED) is 0.805. The molecule has 0 radical (unpaired) electrons. The predicted molar refractivity (Wildman–Crippen MR) is 67.9 cm³/mol. The number of anilines is 1. The molecule has 5 heteroatoms. The highest BCUT2D eigenvalue weighted by Gasteiger charge is 2.07. The summed E-state index contributed by atoms with van der Waals surface area (Å²) in [6.07, 6.45) is 1.71. The molecule has 1 heterocycles. The van der Waals surface area contributed by atoms with Gasteiger partial charge in [0, 0.05) is 13.7 Å². The Hall–Kier alpha value is -1.72. The summed E-state index contributed by atoms with van der Waals surface area (Å²) >= 11 is 0. The van der Waals surface area contributed by atoms with Gasteiger partial charge in [-0.05, 0) is 12.1 Å². The topological polar surface area (TPSA) is 73.1 Å². The molecule has 0 aliphatic heterocycles. The van der Waals surface area contributed by atoms with Crippen LogP contribution in [0.1, 0.15) is 0 Å². The number of nitrogens with one attached hydrogen (secondary N) is 1. The third kappa shape index (κ3) is 2.89. The van der Waals surface area contributed by atoms with Crippen molar-refractivity contribution in [2.75, 3.05) is 25.6 Å². The second-order valence-corrected chi connectivity index (χ2v) is 3.78. The van der Waals surface area contributed by atoms with Crippen molar-refractivity contribution in [3.63, 3.8) is 0 Å². The van der Waals surface area contributed by atoms with Crippen LogP contribution in [0.3, 0.4) is 0 Å². The summed E-state index contributed by atoms with van der Waals surface area (Å²) in [5.74, 6) is 0.719. The highest BCUT2D eigenvalue weighted by atomic mass is 16.5. The number of nitrogens with two attached hydrogens (primary N) is 1. The Labute approximate surface area is 100 Å². The summed E-state index contributed by atoms with van der Waals surface area (Å²) in [6.45, 7) is 1.04. The molecular weight excluding hydrogens is 216 g/mol. The number of hydrogen-bond acceptors (Lipinski definition) is 5. The van der Waals surface area contributed by atoms with Crippen molar-refractivity contribution in [2.45, 2.75) is 6.04 Å². The molecule has 3 N–H and O–H groups in total. The maximum absolute atomic E-state index is 5.63. The molecule has 5 nitrogen and oxygen atoms in total. The van der Waals surface area contributed by atoms with Gasteiger partial charge in [0.1, 0.15) is 5.82 Å². The van der Waals surface area contributed by atoms with Gasteiger partial charge in [0.15, 0.2) is 0 Å². The van der Waals surface area contributed by atoms with E-state index < -0.39 is 0 Å². The Kier molecular flexibility index (Phi) is 3.85. The first kappa shape index (κ1) is 11.8. The van der Waals surface area contributed by atoms with Crippen LogP contribution in [0, 0.1) is 0 Å². The molecule has 0 fully saturated rings. The van der Waals surface area contributed by atoms with Crippen molar-refractivity contribution in [3.8, 4) is 0 Å². The maximum Gasteiger partial charge on any atom is 0.145 e. The van der Waals surface area contributed by atoms with Crippen LogP contribution < -0.4 is 11.1 Å². The first-order valence-corrected chi connectivity index (χ1v) is 5.51. The lowest BCUT2D eigenvalue weighted by molar-refractivity contribution is 0.187. The SMILES string of the molecule is COCC(CN)Nc1cnc2ccccc2n1. The average Bonchev–Trinajstić information content (AvgIpc) is 2.38. The van der Waals surface area contributed by atoms with Gasteiger partial charge in [-0.25, -0.2) is 4.98 Å².